The van der Waals surface area contributed by atoms with Crippen LogP contribution in [0.25, 0.3) is 0 Å². The predicted octanol–water partition coefficient (Wildman–Crippen LogP) is 2.27. The molecule has 2 rings (SSSR count). The first-order valence-corrected chi connectivity index (χ1v) is 6.27. The maximum absolute atomic E-state index is 9.04. The number of methoxy groups -OCH3 is 1. The van der Waals surface area contributed by atoms with E-state index in [0.717, 1.165) is 24.2 Å². The van der Waals surface area contributed by atoms with Crippen LogP contribution in [0.15, 0.2) is 30.6 Å². The minimum Gasteiger partial charge on any atom is -0.496 e. The van der Waals surface area contributed by atoms with E-state index in [0.29, 0.717) is 12.2 Å². The van der Waals surface area contributed by atoms with E-state index in [1.165, 1.54) is 0 Å². The smallest absolute Gasteiger partial charge is 0.176 e. The highest BCUT2D eigenvalue weighted by molar-refractivity contribution is 5.36. The van der Waals surface area contributed by atoms with Crippen LogP contribution in [0.2, 0.25) is 0 Å². The average Bonchev–Trinajstić information content (AvgIpc) is 2.89. The molecule has 100 valence electrons. The molecule has 0 N–H and O–H groups in total. The van der Waals surface area contributed by atoms with Crippen molar-refractivity contribution >= 4 is 0 Å². The van der Waals surface area contributed by atoms with Gasteiger partial charge in [-0.15, -0.1) is 0 Å². The van der Waals surface area contributed by atoms with Crippen LogP contribution in [0.5, 0.6) is 5.75 Å². The lowest BCUT2D eigenvalue weighted by Gasteiger charge is -2.08. The molecule has 2 aromatic rings. The van der Waals surface area contributed by atoms with Gasteiger partial charge in [0.15, 0.2) is 11.4 Å². The van der Waals surface area contributed by atoms with Crippen LogP contribution >= 0.6 is 0 Å². The van der Waals surface area contributed by atoms with Gasteiger partial charge in [0, 0.05) is 6.54 Å². The van der Waals surface area contributed by atoms with Crippen LogP contribution in [-0.2, 0) is 13.0 Å². The number of hydrogen-bond acceptors (Lipinski definition) is 4. The van der Waals surface area contributed by atoms with E-state index in [4.69, 9.17) is 15.3 Å². The minimum atomic E-state index is 0.185. The zero-order valence-corrected chi connectivity index (χ0v) is 11.2. The Bertz CT molecular complexity index is 676. The van der Waals surface area contributed by atoms with Crippen molar-refractivity contribution in [2.45, 2.75) is 19.4 Å². The van der Waals surface area contributed by atoms with Gasteiger partial charge < -0.3 is 9.30 Å². The van der Waals surface area contributed by atoms with Gasteiger partial charge in [0.2, 0.25) is 0 Å². The van der Waals surface area contributed by atoms with Crippen molar-refractivity contribution < 1.29 is 4.74 Å². The third-order valence-corrected chi connectivity index (χ3v) is 3.09. The van der Waals surface area contributed by atoms with Gasteiger partial charge in [-0.05, 0) is 24.5 Å². The quantitative estimate of drug-likeness (QED) is 0.832. The molecule has 1 aromatic carbocycles. The van der Waals surface area contributed by atoms with Crippen molar-refractivity contribution in [3.8, 4) is 17.9 Å². The van der Waals surface area contributed by atoms with Gasteiger partial charge in [-0.1, -0.05) is 18.2 Å². The standard InChI is InChI=1S/C15H14N4O/c1-20-15-7-3-2-5-12(15)6-4-8-19-11-18-13(9-16)14(19)10-17/h2-3,5,7,11H,4,6,8H2,1H3. The second-order valence-electron chi connectivity index (χ2n) is 4.27. The molecule has 0 aliphatic heterocycles. The van der Waals surface area contributed by atoms with E-state index >= 15 is 0 Å². The van der Waals surface area contributed by atoms with Crippen LogP contribution in [-0.4, -0.2) is 16.7 Å². The molecule has 0 radical (unpaired) electrons. The van der Waals surface area contributed by atoms with Gasteiger partial charge in [-0.25, -0.2) is 4.98 Å². The summed E-state index contributed by atoms with van der Waals surface area (Å²) in [5.74, 6) is 0.872. The first kappa shape index (κ1) is 13.6. The van der Waals surface area contributed by atoms with Crippen LogP contribution < -0.4 is 4.74 Å². The number of aromatic nitrogens is 2. The minimum absolute atomic E-state index is 0.185. The second kappa shape index (κ2) is 6.40. The summed E-state index contributed by atoms with van der Waals surface area (Å²) >= 11 is 0. The molecular weight excluding hydrogens is 252 g/mol. The highest BCUT2D eigenvalue weighted by Crippen LogP contribution is 2.19. The third kappa shape index (κ3) is 2.78. The Kier molecular flexibility index (Phi) is 4.36. The lowest BCUT2D eigenvalue weighted by atomic mass is 10.1. The fourth-order valence-corrected chi connectivity index (χ4v) is 2.10. The number of hydrogen-bond donors (Lipinski definition) is 0. The molecule has 0 saturated heterocycles. The predicted molar refractivity (Wildman–Crippen MR) is 73.0 cm³/mol. The number of aryl methyl sites for hydroxylation is 2. The van der Waals surface area contributed by atoms with E-state index in [9.17, 15) is 0 Å². The van der Waals surface area contributed by atoms with Crippen molar-refractivity contribution in [1.82, 2.24) is 9.55 Å². The molecule has 1 heterocycles. The molecule has 0 saturated carbocycles. The molecule has 1 aromatic heterocycles. The zero-order chi connectivity index (χ0) is 14.4. The third-order valence-electron chi connectivity index (χ3n) is 3.09. The molecule has 0 aliphatic carbocycles. The van der Waals surface area contributed by atoms with Gasteiger partial charge in [-0.3, -0.25) is 0 Å². The maximum Gasteiger partial charge on any atom is 0.176 e. The molecule has 0 atom stereocenters. The van der Waals surface area contributed by atoms with Crippen molar-refractivity contribution in [2.24, 2.45) is 0 Å². The van der Waals surface area contributed by atoms with Crippen LogP contribution in [0, 0.1) is 22.7 Å². The van der Waals surface area contributed by atoms with Crippen LogP contribution in [0.3, 0.4) is 0 Å². The molecule has 20 heavy (non-hydrogen) atoms. The van der Waals surface area contributed by atoms with Crippen molar-refractivity contribution in [2.75, 3.05) is 7.11 Å². The second-order valence-corrected chi connectivity index (χ2v) is 4.27. The topological polar surface area (TPSA) is 74.6 Å². The summed E-state index contributed by atoms with van der Waals surface area (Å²) in [6.07, 6.45) is 3.23. The molecule has 5 heteroatoms. The maximum atomic E-state index is 9.04. The molecule has 0 aliphatic rings. The van der Waals surface area contributed by atoms with Gasteiger partial charge in [-0.2, -0.15) is 10.5 Å². The normalized spacial score (nSPS) is 9.75. The van der Waals surface area contributed by atoms with E-state index in [1.807, 2.05) is 36.4 Å². The Morgan fingerprint density at radius 1 is 1.25 bits per heavy atom. The van der Waals surface area contributed by atoms with E-state index in [1.54, 1.807) is 18.0 Å². The first-order valence-electron chi connectivity index (χ1n) is 6.27. The van der Waals surface area contributed by atoms with Gasteiger partial charge in [0.25, 0.3) is 0 Å². The number of nitriles is 2. The molecule has 0 unspecified atom stereocenters. The molecular formula is C15H14N4O. The molecule has 0 spiro atoms. The Morgan fingerprint density at radius 3 is 2.75 bits per heavy atom. The number of para-hydroxylation sites is 1. The van der Waals surface area contributed by atoms with Gasteiger partial charge in [0.05, 0.1) is 13.4 Å². The summed E-state index contributed by atoms with van der Waals surface area (Å²) in [6.45, 7) is 0.648. The summed E-state index contributed by atoms with van der Waals surface area (Å²) in [6, 6.07) is 11.8. The first-order chi connectivity index (χ1) is 9.80. The largest absolute Gasteiger partial charge is 0.496 e. The number of nitrogens with zero attached hydrogens (tertiary/aromatic N) is 4. The Labute approximate surface area is 117 Å². The van der Waals surface area contributed by atoms with Crippen LogP contribution in [0.4, 0.5) is 0 Å². The summed E-state index contributed by atoms with van der Waals surface area (Å²) in [5, 5.41) is 17.9. The number of rotatable bonds is 5. The van der Waals surface area contributed by atoms with Crippen molar-refractivity contribution in [1.29, 1.82) is 10.5 Å². The highest BCUT2D eigenvalue weighted by atomic mass is 16.5. The monoisotopic (exact) mass is 266 g/mol. The summed E-state index contributed by atoms with van der Waals surface area (Å²) in [5.41, 5.74) is 1.64. The molecule has 0 amide bonds. The van der Waals surface area contributed by atoms with Gasteiger partial charge >= 0.3 is 0 Å². The lowest BCUT2D eigenvalue weighted by molar-refractivity contribution is 0.408. The van der Waals surface area contributed by atoms with Gasteiger partial charge in [0.1, 0.15) is 17.9 Å². The molecule has 0 fully saturated rings. The van der Waals surface area contributed by atoms with E-state index < -0.39 is 0 Å². The number of ether oxygens (including phenoxy) is 1. The van der Waals surface area contributed by atoms with Crippen molar-refractivity contribution in [3.05, 3.63) is 47.5 Å². The number of benzene rings is 1. The SMILES string of the molecule is COc1ccccc1CCCn1cnc(C#N)c1C#N. The van der Waals surface area contributed by atoms with Crippen molar-refractivity contribution in [3.63, 3.8) is 0 Å². The lowest BCUT2D eigenvalue weighted by Crippen LogP contribution is -2.02. The highest BCUT2D eigenvalue weighted by Gasteiger charge is 2.09. The average molecular weight is 266 g/mol. The summed E-state index contributed by atoms with van der Waals surface area (Å²) in [4.78, 5) is 3.92. The number of imidazole rings is 1. The zero-order valence-electron chi connectivity index (χ0n) is 11.2. The Hall–Kier alpha value is -2.79. The Morgan fingerprint density at radius 2 is 2.05 bits per heavy atom. The van der Waals surface area contributed by atoms with E-state index in [2.05, 4.69) is 4.98 Å². The Balaban J connectivity index is 2.02. The molecule has 5 nitrogen and oxygen atoms in total. The summed E-state index contributed by atoms with van der Waals surface area (Å²) in [7, 11) is 1.65. The van der Waals surface area contributed by atoms with E-state index in [-0.39, 0.29) is 5.69 Å². The van der Waals surface area contributed by atoms with Crippen LogP contribution in [0.1, 0.15) is 23.4 Å². The fraction of sp³-hybridized carbons (Fsp3) is 0.267. The fourth-order valence-electron chi connectivity index (χ4n) is 2.10. The molecule has 0 bridgehead atoms. The summed E-state index contributed by atoms with van der Waals surface area (Å²) < 4.78 is 7.02.